The van der Waals surface area contributed by atoms with Crippen molar-refractivity contribution >= 4 is 72.4 Å². The molecule has 0 amide bonds. The van der Waals surface area contributed by atoms with Crippen LogP contribution < -0.4 is 20.7 Å². The summed E-state index contributed by atoms with van der Waals surface area (Å²) in [7, 11) is -2.73. The second-order valence-electron chi connectivity index (χ2n) is 16.5. The predicted molar refractivity (Wildman–Crippen MR) is 270 cm³/mol. The molecule has 0 bridgehead atoms. The molecule has 2 aromatic heterocycles. The van der Waals surface area contributed by atoms with Crippen LogP contribution in [0.1, 0.15) is 0 Å². The summed E-state index contributed by atoms with van der Waals surface area (Å²) in [6.07, 6.45) is 0. The second-order valence-corrected chi connectivity index (χ2v) is 20.3. The van der Waals surface area contributed by atoms with Gasteiger partial charge >= 0.3 is 0 Å². The van der Waals surface area contributed by atoms with E-state index in [0.29, 0.717) is 0 Å². The zero-order chi connectivity index (χ0) is 41.7. The van der Waals surface area contributed by atoms with Gasteiger partial charge in [-0.3, -0.25) is 0 Å². The SMILES string of the molecule is c1ccc(-c2cccc(-c3ccccc3-n3c4ccccc4c4cc(-n5c6ccccc6c6cc([Si](c7ccccc7)(c7ccccc7)c7ccccc7)ccc65)ccc43)c2)cc1. The van der Waals surface area contributed by atoms with Gasteiger partial charge in [-0.2, -0.15) is 0 Å². The molecule has 2 heterocycles. The zero-order valence-corrected chi connectivity index (χ0v) is 35.6. The van der Waals surface area contributed by atoms with Crippen LogP contribution in [0.2, 0.25) is 0 Å². The van der Waals surface area contributed by atoms with Crippen molar-refractivity contribution in [3.63, 3.8) is 0 Å². The van der Waals surface area contributed by atoms with Gasteiger partial charge in [0.05, 0.1) is 27.8 Å². The number of nitrogens with zero attached hydrogens (tertiary/aromatic N) is 2. The van der Waals surface area contributed by atoms with Gasteiger partial charge in [0.25, 0.3) is 0 Å². The lowest BCUT2D eigenvalue weighted by molar-refractivity contribution is 1.17. The summed E-state index contributed by atoms with van der Waals surface area (Å²) in [6, 6.07) is 94.2. The van der Waals surface area contributed by atoms with E-state index in [1.54, 1.807) is 0 Å². The molecule has 0 saturated carbocycles. The first kappa shape index (κ1) is 36.8. The molecule has 12 rings (SSSR count). The Bertz CT molecular complexity index is 3510. The number of hydrogen-bond acceptors (Lipinski definition) is 0. The number of rotatable bonds is 8. The van der Waals surface area contributed by atoms with Crippen molar-refractivity contribution in [1.29, 1.82) is 0 Å². The summed E-state index contributed by atoms with van der Waals surface area (Å²) in [4.78, 5) is 0. The van der Waals surface area contributed by atoms with Crippen LogP contribution in [-0.2, 0) is 0 Å². The number of aromatic nitrogens is 2. The number of para-hydroxylation sites is 3. The molecule has 10 aromatic carbocycles. The van der Waals surface area contributed by atoms with Crippen molar-refractivity contribution in [2.75, 3.05) is 0 Å². The summed E-state index contributed by atoms with van der Waals surface area (Å²) < 4.78 is 4.93. The topological polar surface area (TPSA) is 9.86 Å². The number of fused-ring (bicyclic) bond motifs is 6. The normalized spacial score (nSPS) is 11.8. The van der Waals surface area contributed by atoms with Crippen molar-refractivity contribution in [3.8, 4) is 33.6 Å². The first-order chi connectivity index (χ1) is 31.3. The van der Waals surface area contributed by atoms with Gasteiger partial charge in [-0.15, -0.1) is 0 Å². The molecule has 63 heavy (non-hydrogen) atoms. The van der Waals surface area contributed by atoms with Gasteiger partial charge in [-0.1, -0.05) is 206 Å². The smallest absolute Gasteiger partial charge is 0.179 e. The Labute approximate surface area is 368 Å². The summed E-state index contributed by atoms with van der Waals surface area (Å²) in [5.41, 5.74) is 11.9. The van der Waals surface area contributed by atoms with Gasteiger partial charge in [0.1, 0.15) is 0 Å². The molecule has 0 atom stereocenters. The Morgan fingerprint density at radius 1 is 0.254 bits per heavy atom. The maximum atomic E-state index is 2.52. The molecular weight excluding hydrogens is 777 g/mol. The van der Waals surface area contributed by atoms with Crippen LogP contribution in [0, 0.1) is 0 Å². The highest BCUT2D eigenvalue weighted by molar-refractivity contribution is 7.20. The van der Waals surface area contributed by atoms with Crippen LogP contribution in [0.15, 0.2) is 255 Å². The van der Waals surface area contributed by atoms with Crippen molar-refractivity contribution in [2.24, 2.45) is 0 Å². The Hall–Kier alpha value is -7.98. The van der Waals surface area contributed by atoms with E-state index in [-0.39, 0.29) is 0 Å². The second kappa shape index (κ2) is 15.2. The minimum absolute atomic E-state index is 1.14. The van der Waals surface area contributed by atoms with Crippen LogP contribution in [-0.4, -0.2) is 17.2 Å². The highest BCUT2D eigenvalue weighted by atomic mass is 28.3. The summed E-state index contributed by atoms with van der Waals surface area (Å²) in [5.74, 6) is 0. The molecule has 0 aliphatic heterocycles. The summed E-state index contributed by atoms with van der Waals surface area (Å²) in [5, 5.41) is 10.5. The molecule has 0 fully saturated rings. The lowest BCUT2D eigenvalue weighted by Gasteiger charge is -2.34. The van der Waals surface area contributed by atoms with E-state index in [1.807, 2.05) is 0 Å². The molecular formula is C60H42N2Si. The van der Waals surface area contributed by atoms with Gasteiger partial charge in [0, 0.05) is 32.8 Å². The molecule has 0 saturated heterocycles. The first-order valence-electron chi connectivity index (χ1n) is 21.8. The molecule has 2 nitrogen and oxygen atoms in total. The Balaban J connectivity index is 1.06. The average Bonchev–Trinajstić information content (AvgIpc) is 3.88. The average molecular weight is 819 g/mol. The van der Waals surface area contributed by atoms with Crippen LogP contribution in [0.3, 0.4) is 0 Å². The molecule has 0 aliphatic carbocycles. The number of hydrogen-bond donors (Lipinski definition) is 0. The summed E-state index contributed by atoms with van der Waals surface area (Å²) >= 11 is 0. The van der Waals surface area contributed by atoms with Gasteiger partial charge in [-0.05, 0) is 86.0 Å². The van der Waals surface area contributed by atoms with E-state index in [0.717, 1.165) is 11.4 Å². The first-order valence-corrected chi connectivity index (χ1v) is 23.8. The standard InChI is InChI=1S/C60H42N2Si/c1-5-20-43(21-6-1)44-22-19-23-45(40-44)51-30-13-16-33-56(51)62-58-35-18-15-31-52(58)54-41-46(36-38-60(54)62)61-57-34-17-14-32-53(57)55-42-50(37-39-59(55)61)63(47-24-7-2-8-25-47,48-26-9-3-10-27-48)49-28-11-4-12-29-49/h1-42H. The fourth-order valence-electron chi connectivity index (χ4n) is 10.3. The largest absolute Gasteiger partial charge is 0.309 e. The quantitative estimate of drug-likeness (QED) is 0.107. The van der Waals surface area contributed by atoms with Gasteiger partial charge in [-0.25, -0.2) is 0 Å². The Kier molecular flexibility index (Phi) is 8.87. The third-order valence-electron chi connectivity index (χ3n) is 13.1. The maximum Gasteiger partial charge on any atom is 0.179 e. The fraction of sp³-hybridized carbons (Fsp3) is 0. The monoisotopic (exact) mass is 818 g/mol. The van der Waals surface area contributed by atoms with E-state index in [9.17, 15) is 0 Å². The van der Waals surface area contributed by atoms with Gasteiger partial charge < -0.3 is 9.13 Å². The van der Waals surface area contributed by atoms with Crippen LogP contribution in [0.5, 0.6) is 0 Å². The minimum Gasteiger partial charge on any atom is -0.309 e. The summed E-state index contributed by atoms with van der Waals surface area (Å²) in [6.45, 7) is 0. The van der Waals surface area contributed by atoms with Crippen LogP contribution >= 0.6 is 0 Å². The maximum absolute atomic E-state index is 2.73. The highest BCUT2D eigenvalue weighted by Crippen LogP contribution is 2.39. The number of benzene rings is 10. The van der Waals surface area contributed by atoms with E-state index < -0.39 is 8.07 Å². The zero-order valence-electron chi connectivity index (χ0n) is 34.6. The molecule has 0 aliphatic rings. The van der Waals surface area contributed by atoms with Crippen molar-refractivity contribution in [3.05, 3.63) is 255 Å². The Morgan fingerprint density at radius 2 is 0.714 bits per heavy atom. The van der Waals surface area contributed by atoms with E-state index in [2.05, 4.69) is 264 Å². The third kappa shape index (κ3) is 5.93. The molecule has 296 valence electrons. The van der Waals surface area contributed by atoms with Crippen molar-refractivity contribution < 1.29 is 0 Å². The lowest BCUT2D eigenvalue weighted by Crippen LogP contribution is -2.74. The molecule has 12 aromatic rings. The minimum atomic E-state index is -2.73. The van der Waals surface area contributed by atoms with Crippen LogP contribution in [0.4, 0.5) is 0 Å². The van der Waals surface area contributed by atoms with Gasteiger partial charge in [0.2, 0.25) is 0 Å². The highest BCUT2D eigenvalue weighted by Gasteiger charge is 2.41. The van der Waals surface area contributed by atoms with E-state index >= 15 is 0 Å². The van der Waals surface area contributed by atoms with Crippen LogP contribution in [0.25, 0.3) is 77.2 Å². The van der Waals surface area contributed by atoms with E-state index in [4.69, 9.17) is 0 Å². The van der Waals surface area contributed by atoms with E-state index in [1.165, 1.54) is 86.6 Å². The Morgan fingerprint density at radius 3 is 1.37 bits per heavy atom. The van der Waals surface area contributed by atoms with Crippen molar-refractivity contribution in [1.82, 2.24) is 9.13 Å². The molecule has 3 heteroatoms. The molecule has 0 radical (unpaired) electrons. The fourth-order valence-corrected chi connectivity index (χ4v) is 15.1. The molecule has 0 unspecified atom stereocenters. The molecule has 0 spiro atoms. The predicted octanol–water partition coefficient (Wildman–Crippen LogP) is 12.6. The van der Waals surface area contributed by atoms with Crippen molar-refractivity contribution in [2.45, 2.75) is 0 Å². The molecule has 0 N–H and O–H groups in total. The van der Waals surface area contributed by atoms with Gasteiger partial charge in [0.15, 0.2) is 8.07 Å². The third-order valence-corrected chi connectivity index (χ3v) is 17.8. The lowest BCUT2D eigenvalue weighted by atomic mass is 9.98.